The van der Waals surface area contributed by atoms with E-state index in [0.717, 1.165) is 12.0 Å². The third-order valence-corrected chi connectivity index (χ3v) is 7.02. The number of hydrogen-bond acceptors (Lipinski definition) is 5. The summed E-state index contributed by atoms with van der Waals surface area (Å²) < 4.78 is 29.0. The fourth-order valence-electron chi connectivity index (χ4n) is 3.87. The number of hydrogen-bond donors (Lipinski definition) is 2. The summed E-state index contributed by atoms with van der Waals surface area (Å²) in [5, 5.41) is 2.90. The predicted molar refractivity (Wildman–Crippen MR) is 113 cm³/mol. The van der Waals surface area contributed by atoms with Crippen LogP contribution in [-0.4, -0.2) is 34.7 Å². The number of sulfonamides is 1. The first kappa shape index (κ1) is 20.5. The molecule has 3 heterocycles. The van der Waals surface area contributed by atoms with Crippen LogP contribution < -0.4 is 10.3 Å². The van der Waals surface area contributed by atoms with Crippen LogP contribution in [0.25, 0.3) is 5.82 Å². The van der Waals surface area contributed by atoms with Gasteiger partial charge in [0.25, 0.3) is 5.56 Å². The predicted octanol–water partition coefficient (Wildman–Crippen LogP) is 2.41. The summed E-state index contributed by atoms with van der Waals surface area (Å²) in [6.07, 6.45) is 12.5. The molecule has 0 radical (unpaired) electrons. The van der Waals surface area contributed by atoms with Crippen molar-refractivity contribution in [1.29, 1.82) is 0 Å². The molecule has 1 fully saturated rings. The van der Waals surface area contributed by atoms with Gasteiger partial charge in [-0.15, -0.1) is 0 Å². The smallest absolute Gasteiger partial charge is 0.276 e. The molecule has 0 saturated heterocycles. The van der Waals surface area contributed by atoms with E-state index in [9.17, 15) is 13.2 Å². The molecule has 3 aromatic heterocycles. The Balaban J connectivity index is 1.43. The Morgan fingerprint density at radius 3 is 2.60 bits per heavy atom. The number of aromatic nitrogens is 4. The number of nitrogens with one attached hydrogen (secondary N) is 2. The maximum Gasteiger partial charge on any atom is 0.276 e. The molecule has 8 nitrogen and oxygen atoms in total. The Morgan fingerprint density at radius 2 is 1.90 bits per heavy atom. The lowest BCUT2D eigenvalue weighted by Gasteiger charge is -2.10. The van der Waals surface area contributed by atoms with Crippen LogP contribution in [0.15, 0.2) is 58.7 Å². The Labute approximate surface area is 175 Å². The highest BCUT2D eigenvalue weighted by Crippen LogP contribution is 2.27. The van der Waals surface area contributed by atoms with Crippen LogP contribution in [0.2, 0.25) is 0 Å². The zero-order valence-corrected chi connectivity index (χ0v) is 17.4. The summed E-state index contributed by atoms with van der Waals surface area (Å²) in [7, 11) is -3.61. The van der Waals surface area contributed by atoms with Gasteiger partial charge in [-0.2, -0.15) is 0 Å². The minimum absolute atomic E-state index is 0.0919. The van der Waals surface area contributed by atoms with Crippen LogP contribution in [0.3, 0.4) is 0 Å². The van der Waals surface area contributed by atoms with E-state index in [1.807, 2.05) is 12.1 Å². The van der Waals surface area contributed by atoms with Gasteiger partial charge in [-0.05, 0) is 42.2 Å². The van der Waals surface area contributed by atoms with Gasteiger partial charge in [-0.25, -0.2) is 22.8 Å². The third kappa shape index (κ3) is 4.68. The van der Waals surface area contributed by atoms with Crippen molar-refractivity contribution in [2.75, 3.05) is 6.54 Å². The van der Waals surface area contributed by atoms with Gasteiger partial charge >= 0.3 is 0 Å². The molecule has 0 bridgehead atoms. The normalized spacial score (nSPS) is 14.9. The highest BCUT2D eigenvalue weighted by molar-refractivity contribution is 7.89. The molecule has 0 amide bonds. The number of aromatic amines is 1. The first-order valence-corrected chi connectivity index (χ1v) is 11.7. The molecule has 2 N–H and O–H groups in total. The van der Waals surface area contributed by atoms with Gasteiger partial charge in [0.05, 0.1) is 0 Å². The summed E-state index contributed by atoms with van der Waals surface area (Å²) in [5.41, 5.74) is 1.35. The van der Waals surface area contributed by atoms with Gasteiger partial charge in [0.15, 0.2) is 5.82 Å². The molecular weight excluding hydrogens is 402 g/mol. The maximum absolute atomic E-state index is 12.7. The van der Waals surface area contributed by atoms with Crippen molar-refractivity contribution in [2.45, 2.75) is 43.4 Å². The molecule has 1 aliphatic carbocycles. The van der Waals surface area contributed by atoms with Gasteiger partial charge in [-0.3, -0.25) is 14.9 Å². The van der Waals surface area contributed by atoms with Crippen molar-refractivity contribution in [3.63, 3.8) is 0 Å². The average molecular weight is 428 g/mol. The molecule has 0 atom stereocenters. The highest BCUT2D eigenvalue weighted by atomic mass is 32.2. The number of nitrogens with zero attached hydrogens (tertiary/aromatic N) is 3. The van der Waals surface area contributed by atoms with Crippen molar-refractivity contribution >= 4 is 10.0 Å². The standard InChI is InChI=1S/C21H25N5O3S/c27-21-18(13-17-7-10-22-11-8-17)14-24-26(21)20-6-5-19(15-23-20)30(28,29)25-12-9-16-3-1-2-4-16/h5-8,10-11,14-16,24-25H,1-4,9,12-13H2. The van der Waals surface area contributed by atoms with Gasteiger partial charge in [0.1, 0.15) is 4.90 Å². The molecule has 3 aromatic rings. The number of H-pyrrole nitrogens is 1. The molecule has 0 aromatic carbocycles. The molecular formula is C21H25N5O3S. The zero-order chi connectivity index (χ0) is 21.0. The lowest BCUT2D eigenvalue weighted by molar-refractivity contribution is 0.495. The lowest BCUT2D eigenvalue weighted by Crippen LogP contribution is -2.26. The van der Waals surface area contributed by atoms with Crippen LogP contribution in [-0.2, 0) is 16.4 Å². The van der Waals surface area contributed by atoms with Gasteiger partial charge in [0, 0.05) is 43.3 Å². The summed E-state index contributed by atoms with van der Waals surface area (Å²) >= 11 is 0. The largest absolute Gasteiger partial charge is 0.296 e. The Hall–Kier alpha value is -2.78. The Kier molecular flexibility index (Phi) is 6.10. The fraction of sp³-hybridized carbons (Fsp3) is 0.381. The van der Waals surface area contributed by atoms with Crippen LogP contribution in [0.4, 0.5) is 0 Å². The van der Waals surface area contributed by atoms with Crippen molar-refractivity contribution in [2.24, 2.45) is 5.92 Å². The molecule has 0 aliphatic heterocycles. The number of rotatable bonds is 8. The van der Waals surface area contributed by atoms with E-state index in [-0.39, 0.29) is 10.5 Å². The lowest BCUT2D eigenvalue weighted by atomic mass is 10.1. The van der Waals surface area contributed by atoms with E-state index in [2.05, 4.69) is 19.8 Å². The quantitative estimate of drug-likeness (QED) is 0.574. The van der Waals surface area contributed by atoms with Crippen LogP contribution in [0.1, 0.15) is 43.2 Å². The fourth-order valence-corrected chi connectivity index (χ4v) is 4.86. The summed E-state index contributed by atoms with van der Waals surface area (Å²) in [6, 6.07) is 6.71. The van der Waals surface area contributed by atoms with E-state index in [0.29, 0.717) is 30.3 Å². The molecule has 1 saturated carbocycles. The zero-order valence-electron chi connectivity index (χ0n) is 16.6. The van der Waals surface area contributed by atoms with Crippen molar-refractivity contribution in [3.05, 3.63) is 70.5 Å². The number of pyridine rings is 2. The highest BCUT2D eigenvalue weighted by Gasteiger charge is 2.18. The molecule has 158 valence electrons. The van der Waals surface area contributed by atoms with Crippen molar-refractivity contribution in [1.82, 2.24) is 24.5 Å². The topological polar surface area (TPSA) is 110 Å². The van der Waals surface area contributed by atoms with Gasteiger partial charge in [-0.1, -0.05) is 25.7 Å². The second-order valence-electron chi connectivity index (χ2n) is 7.66. The molecule has 1 aliphatic rings. The third-order valence-electron chi connectivity index (χ3n) is 5.57. The van der Waals surface area contributed by atoms with Crippen molar-refractivity contribution in [3.8, 4) is 5.82 Å². The molecule has 4 rings (SSSR count). The van der Waals surface area contributed by atoms with Crippen LogP contribution >= 0.6 is 0 Å². The minimum atomic E-state index is -3.61. The van der Waals surface area contributed by atoms with Crippen molar-refractivity contribution < 1.29 is 8.42 Å². The average Bonchev–Trinajstić information content (AvgIpc) is 3.39. The van der Waals surface area contributed by atoms with Crippen LogP contribution in [0.5, 0.6) is 0 Å². The van der Waals surface area contributed by atoms with Gasteiger partial charge in [0.2, 0.25) is 10.0 Å². The molecule has 9 heteroatoms. The summed E-state index contributed by atoms with van der Waals surface area (Å²) in [6.45, 7) is 0.434. The van der Waals surface area contributed by atoms with E-state index in [1.165, 1.54) is 48.7 Å². The minimum Gasteiger partial charge on any atom is -0.296 e. The first-order valence-electron chi connectivity index (χ1n) is 10.2. The Morgan fingerprint density at radius 1 is 1.13 bits per heavy atom. The molecule has 0 unspecified atom stereocenters. The molecule has 0 spiro atoms. The van der Waals surface area contributed by atoms with E-state index >= 15 is 0 Å². The summed E-state index contributed by atoms with van der Waals surface area (Å²) in [5.74, 6) is 0.959. The van der Waals surface area contributed by atoms with Crippen LogP contribution in [0, 0.1) is 5.92 Å². The monoisotopic (exact) mass is 427 g/mol. The van der Waals surface area contributed by atoms with Gasteiger partial charge < -0.3 is 0 Å². The maximum atomic E-state index is 12.7. The first-order chi connectivity index (χ1) is 14.5. The van der Waals surface area contributed by atoms with E-state index in [1.54, 1.807) is 18.6 Å². The SMILES string of the molecule is O=c1c(Cc2ccncc2)c[nH]n1-c1ccc(S(=O)(=O)NCCC2CCCC2)cn1. The second kappa shape index (κ2) is 8.93. The van der Waals surface area contributed by atoms with E-state index < -0.39 is 10.0 Å². The summed E-state index contributed by atoms with van der Waals surface area (Å²) in [4.78, 5) is 20.9. The van der Waals surface area contributed by atoms with E-state index in [4.69, 9.17) is 0 Å². The Bertz CT molecular complexity index is 1130. The molecule has 30 heavy (non-hydrogen) atoms. The second-order valence-corrected chi connectivity index (χ2v) is 9.43.